The molecule has 114 valence electrons. The van der Waals surface area contributed by atoms with E-state index in [0.717, 1.165) is 10.4 Å². The highest BCUT2D eigenvalue weighted by atomic mass is 35.5. The number of benzene rings is 1. The van der Waals surface area contributed by atoms with Gasteiger partial charge in [0.1, 0.15) is 11.4 Å². The molecule has 0 N–H and O–H groups in total. The first kappa shape index (κ1) is 14.1. The largest absolute Gasteiger partial charge is 0.419 e. The first-order chi connectivity index (χ1) is 11.2. The highest BCUT2D eigenvalue weighted by Gasteiger charge is 2.11. The number of hydrogen-bond acceptors (Lipinski definition) is 6. The first-order valence-corrected chi connectivity index (χ1v) is 7.97. The van der Waals surface area contributed by atoms with Crippen molar-refractivity contribution in [1.82, 2.24) is 19.7 Å². The first-order valence-electron chi connectivity index (χ1n) is 6.72. The second-order valence-corrected chi connectivity index (χ2v) is 6.16. The fourth-order valence-electron chi connectivity index (χ4n) is 2.18. The van der Waals surface area contributed by atoms with Crippen LogP contribution in [0.2, 0.25) is 5.02 Å². The van der Waals surface area contributed by atoms with E-state index >= 15 is 0 Å². The summed E-state index contributed by atoms with van der Waals surface area (Å²) in [4.78, 5) is 17.3. The lowest BCUT2D eigenvalue weighted by Crippen LogP contribution is -2.20. The Morgan fingerprint density at radius 1 is 1.17 bits per heavy atom. The van der Waals surface area contributed by atoms with Crippen LogP contribution in [0.5, 0.6) is 0 Å². The third kappa shape index (κ3) is 2.64. The molecule has 0 fully saturated rings. The maximum Gasteiger partial charge on any atom is 0.262 e. The van der Waals surface area contributed by atoms with Crippen LogP contribution in [-0.4, -0.2) is 19.7 Å². The highest BCUT2D eigenvalue weighted by Crippen LogP contribution is 2.20. The Labute approximate surface area is 139 Å². The maximum atomic E-state index is 12.3. The molecule has 23 heavy (non-hydrogen) atoms. The van der Waals surface area contributed by atoms with Gasteiger partial charge in [-0.05, 0) is 35.7 Å². The molecular weight excluding hydrogens is 336 g/mol. The number of hydrogen-bond donors (Lipinski definition) is 0. The van der Waals surface area contributed by atoms with E-state index in [4.69, 9.17) is 16.0 Å². The molecule has 0 unspecified atom stereocenters. The third-order valence-corrected chi connectivity index (χ3v) is 4.39. The van der Waals surface area contributed by atoms with Crippen molar-refractivity contribution < 1.29 is 4.42 Å². The van der Waals surface area contributed by atoms with Gasteiger partial charge in [0.05, 0.1) is 11.7 Å². The summed E-state index contributed by atoms with van der Waals surface area (Å²) in [7, 11) is 0. The number of aromatic nitrogens is 4. The van der Waals surface area contributed by atoms with Crippen LogP contribution in [0.3, 0.4) is 0 Å². The molecule has 0 aliphatic carbocycles. The molecule has 0 atom stereocenters. The van der Waals surface area contributed by atoms with E-state index in [0.29, 0.717) is 22.2 Å². The number of nitrogens with zero attached hydrogens (tertiary/aromatic N) is 4. The van der Waals surface area contributed by atoms with Crippen molar-refractivity contribution in [3.63, 3.8) is 0 Å². The van der Waals surface area contributed by atoms with E-state index in [9.17, 15) is 4.79 Å². The Hall–Kier alpha value is -2.51. The lowest BCUT2D eigenvalue weighted by molar-refractivity contribution is 0.483. The SMILES string of the molecule is O=c1c2ccsc2ncn1Cc1nnc(-c2ccc(Cl)cc2)o1. The second kappa shape index (κ2) is 5.60. The number of halogens is 1. The van der Waals surface area contributed by atoms with Crippen molar-refractivity contribution in [2.45, 2.75) is 6.54 Å². The van der Waals surface area contributed by atoms with Gasteiger partial charge in [-0.3, -0.25) is 9.36 Å². The molecule has 1 aromatic carbocycles. The highest BCUT2D eigenvalue weighted by molar-refractivity contribution is 7.16. The summed E-state index contributed by atoms with van der Waals surface area (Å²) in [6, 6.07) is 8.85. The predicted molar refractivity (Wildman–Crippen MR) is 87.7 cm³/mol. The van der Waals surface area contributed by atoms with Crippen LogP contribution in [0.4, 0.5) is 0 Å². The van der Waals surface area contributed by atoms with E-state index in [1.165, 1.54) is 22.2 Å². The van der Waals surface area contributed by atoms with E-state index in [1.807, 2.05) is 5.38 Å². The monoisotopic (exact) mass is 344 g/mol. The van der Waals surface area contributed by atoms with Gasteiger partial charge in [-0.2, -0.15) is 0 Å². The van der Waals surface area contributed by atoms with Crippen molar-refractivity contribution in [2.75, 3.05) is 0 Å². The summed E-state index contributed by atoms with van der Waals surface area (Å²) in [5.74, 6) is 0.725. The molecule has 8 heteroatoms. The van der Waals surface area contributed by atoms with Crippen LogP contribution in [0.15, 0.2) is 51.3 Å². The van der Waals surface area contributed by atoms with Gasteiger partial charge < -0.3 is 4.42 Å². The van der Waals surface area contributed by atoms with Crippen LogP contribution in [0.1, 0.15) is 5.89 Å². The van der Waals surface area contributed by atoms with Crippen LogP contribution >= 0.6 is 22.9 Å². The molecule has 0 amide bonds. The van der Waals surface area contributed by atoms with Gasteiger partial charge in [-0.15, -0.1) is 21.5 Å². The minimum atomic E-state index is -0.123. The van der Waals surface area contributed by atoms with Gasteiger partial charge >= 0.3 is 0 Å². The quantitative estimate of drug-likeness (QED) is 0.570. The Balaban J connectivity index is 1.65. The minimum Gasteiger partial charge on any atom is -0.419 e. The molecule has 4 aromatic rings. The Morgan fingerprint density at radius 3 is 2.83 bits per heavy atom. The van der Waals surface area contributed by atoms with Crippen LogP contribution in [0, 0.1) is 0 Å². The lowest BCUT2D eigenvalue weighted by atomic mass is 10.2. The summed E-state index contributed by atoms with van der Waals surface area (Å²) in [6.45, 7) is 0.179. The van der Waals surface area contributed by atoms with Gasteiger partial charge in [0.15, 0.2) is 0 Å². The van der Waals surface area contributed by atoms with Gasteiger partial charge in [0.25, 0.3) is 5.56 Å². The molecule has 3 aromatic heterocycles. The molecule has 0 saturated carbocycles. The van der Waals surface area contributed by atoms with Gasteiger partial charge in [0, 0.05) is 10.6 Å². The number of fused-ring (bicyclic) bond motifs is 1. The average Bonchev–Trinajstić information content (AvgIpc) is 3.20. The van der Waals surface area contributed by atoms with Crippen LogP contribution in [-0.2, 0) is 6.54 Å². The minimum absolute atomic E-state index is 0.123. The van der Waals surface area contributed by atoms with E-state index in [1.54, 1.807) is 30.3 Å². The zero-order chi connectivity index (χ0) is 15.8. The van der Waals surface area contributed by atoms with Crippen molar-refractivity contribution in [3.05, 3.63) is 63.3 Å². The zero-order valence-corrected chi connectivity index (χ0v) is 13.2. The molecule has 0 aliphatic heterocycles. The molecule has 3 heterocycles. The Kier molecular flexibility index (Phi) is 3.44. The zero-order valence-electron chi connectivity index (χ0n) is 11.6. The number of thiophene rings is 1. The van der Waals surface area contributed by atoms with Crippen LogP contribution in [0.25, 0.3) is 21.7 Å². The molecule has 0 saturated heterocycles. The second-order valence-electron chi connectivity index (χ2n) is 4.82. The van der Waals surface area contributed by atoms with Crippen molar-refractivity contribution >= 4 is 33.2 Å². The van der Waals surface area contributed by atoms with Gasteiger partial charge in [-0.25, -0.2) is 4.98 Å². The molecule has 0 radical (unpaired) electrons. The maximum absolute atomic E-state index is 12.3. The Bertz CT molecular complexity index is 1040. The predicted octanol–water partition coefficient (Wildman–Crippen LogP) is 3.21. The summed E-state index contributed by atoms with van der Waals surface area (Å²) in [5.41, 5.74) is 0.648. The normalized spacial score (nSPS) is 11.2. The standard InChI is InChI=1S/C15H9ClN4O2S/c16-10-3-1-9(2-4-10)13-19-18-12(22-13)7-20-8-17-14-11(15(20)21)5-6-23-14/h1-6,8H,7H2. The van der Waals surface area contributed by atoms with E-state index in [2.05, 4.69) is 15.2 Å². The van der Waals surface area contributed by atoms with Crippen molar-refractivity contribution in [2.24, 2.45) is 0 Å². The molecule has 0 bridgehead atoms. The Morgan fingerprint density at radius 2 is 2.00 bits per heavy atom. The van der Waals surface area contributed by atoms with E-state index in [-0.39, 0.29) is 12.1 Å². The topological polar surface area (TPSA) is 73.8 Å². The smallest absolute Gasteiger partial charge is 0.262 e. The molecule has 4 rings (SSSR count). The number of rotatable bonds is 3. The molecule has 0 aliphatic rings. The van der Waals surface area contributed by atoms with Gasteiger partial charge in [-0.1, -0.05) is 11.6 Å². The van der Waals surface area contributed by atoms with E-state index < -0.39 is 0 Å². The molecule has 6 nitrogen and oxygen atoms in total. The summed E-state index contributed by atoms with van der Waals surface area (Å²) in [6.07, 6.45) is 1.49. The molecular formula is C15H9ClN4O2S. The average molecular weight is 345 g/mol. The van der Waals surface area contributed by atoms with Crippen molar-refractivity contribution in [3.8, 4) is 11.5 Å². The van der Waals surface area contributed by atoms with Crippen molar-refractivity contribution in [1.29, 1.82) is 0 Å². The summed E-state index contributed by atoms with van der Waals surface area (Å²) < 4.78 is 7.06. The fourth-order valence-corrected chi connectivity index (χ4v) is 3.03. The molecule has 0 spiro atoms. The summed E-state index contributed by atoms with van der Waals surface area (Å²) in [5, 5.41) is 11.1. The summed E-state index contributed by atoms with van der Waals surface area (Å²) >= 11 is 7.29. The van der Waals surface area contributed by atoms with Crippen LogP contribution < -0.4 is 5.56 Å². The third-order valence-electron chi connectivity index (χ3n) is 3.31. The fraction of sp³-hybridized carbons (Fsp3) is 0.0667. The van der Waals surface area contributed by atoms with Gasteiger partial charge in [0.2, 0.25) is 11.8 Å². The lowest BCUT2D eigenvalue weighted by Gasteiger charge is -2.01.